The summed E-state index contributed by atoms with van der Waals surface area (Å²) in [6, 6.07) is 10.1. The average molecular weight is 357 g/mol. The highest BCUT2D eigenvalue weighted by Crippen LogP contribution is 2.53. The molecule has 3 aliphatic rings. The van der Waals surface area contributed by atoms with E-state index in [4.69, 9.17) is 9.57 Å². The maximum atomic E-state index is 13.2. The monoisotopic (exact) mass is 357 g/mol. The minimum Gasteiger partial charge on any atom is -0.350 e. The van der Waals surface area contributed by atoms with Crippen molar-refractivity contribution >= 4 is 17.7 Å². The lowest BCUT2D eigenvalue weighted by Gasteiger charge is -2.35. The predicted molar refractivity (Wildman–Crippen MR) is 98.4 cm³/mol. The van der Waals surface area contributed by atoms with E-state index >= 15 is 0 Å². The molecule has 1 aromatic rings. The molecule has 1 saturated heterocycles. The van der Waals surface area contributed by atoms with Gasteiger partial charge in [0.05, 0.1) is 0 Å². The van der Waals surface area contributed by atoms with Gasteiger partial charge in [-0.05, 0) is 43.2 Å². The molecule has 5 heteroatoms. The molecule has 0 bridgehead atoms. The van der Waals surface area contributed by atoms with Gasteiger partial charge in [-0.15, -0.1) is 0 Å². The second-order valence-electron chi connectivity index (χ2n) is 6.90. The Morgan fingerprint density at radius 2 is 2.12 bits per heavy atom. The van der Waals surface area contributed by atoms with Crippen molar-refractivity contribution in [1.29, 1.82) is 0 Å². The summed E-state index contributed by atoms with van der Waals surface area (Å²) in [5, 5.41) is 1.56. The van der Waals surface area contributed by atoms with Crippen molar-refractivity contribution in [3.63, 3.8) is 0 Å². The molecular formula is C20H23NO3S. The lowest BCUT2D eigenvalue weighted by molar-refractivity contribution is -0.286. The lowest BCUT2D eigenvalue weighted by Crippen LogP contribution is -2.45. The summed E-state index contributed by atoms with van der Waals surface area (Å²) in [6.07, 6.45) is 5.40. The van der Waals surface area contributed by atoms with Crippen LogP contribution in [-0.2, 0) is 20.8 Å². The molecule has 0 radical (unpaired) electrons. The van der Waals surface area contributed by atoms with Gasteiger partial charge in [-0.2, -0.15) is 5.06 Å². The number of nitrogens with zero attached hydrogens (tertiary/aromatic N) is 1. The number of hydrogen-bond acceptors (Lipinski definition) is 4. The van der Waals surface area contributed by atoms with Crippen molar-refractivity contribution in [1.82, 2.24) is 5.06 Å². The minimum absolute atomic E-state index is 0.0354. The Hall–Kier alpha value is -1.56. The Bertz CT molecular complexity index is 737. The molecule has 1 aromatic carbocycles. The molecule has 4 nitrogen and oxygen atoms in total. The van der Waals surface area contributed by atoms with Gasteiger partial charge >= 0.3 is 0 Å². The van der Waals surface area contributed by atoms with Crippen LogP contribution in [0.2, 0.25) is 0 Å². The second kappa shape index (κ2) is 6.63. The van der Waals surface area contributed by atoms with Gasteiger partial charge in [-0.25, -0.2) is 4.84 Å². The van der Waals surface area contributed by atoms with Gasteiger partial charge in [0, 0.05) is 30.6 Å². The number of thioether (sulfide) groups is 1. The molecular weight excluding hydrogens is 334 g/mol. The molecule has 0 spiro atoms. The summed E-state index contributed by atoms with van der Waals surface area (Å²) >= 11 is 1.68. The van der Waals surface area contributed by atoms with Crippen LogP contribution in [0.1, 0.15) is 38.7 Å². The number of amides is 1. The first kappa shape index (κ1) is 16.9. The van der Waals surface area contributed by atoms with Crippen LogP contribution >= 0.6 is 11.8 Å². The Kier molecular flexibility index (Phi) is 4.48. The summed E-state index contributed by atoms with van der Waals surface area (Å²) in [7, 11) is 0. The predicted octanol–water partition coefficient (Wildman–Crippen LogP) is 4.19. The third-order valence-corrected chi connectivity index (χ3v) is 6.17. The van der Waals surface area contributed by atoms with Gasteiger partial charge in [0.15, 0.2) is 6.29 Å². The largest absolute Gasteiger partial charge is 0.350 e. The second-order valence-corrected chi connectivity index (χ2v) is 8.54. The fourth-order valence-electron chi connectivity index (χ4n) is 3.72. The third kappa shape index (κ3) is 3.05. The molecule has 0 aliphatic carbocycles. The molecule has 3 aliphatic heterocycles. The van der Waals surface area contributed by atoms with Crippen LogP contribution in [0, 0.1) is 0 Å². The molecule has 2 unspecified atom stereocenters. The van der Waals surface area contributed by atoms with Crippen molar-refractivity contribution in [2.24, 2.45) is 0 Å². The van der Waals surface area contributed by atoms with Crippen molar-refractivity contribution in [3.8, 4) is 0 Å². The van der Waals surface area contributed by atoms with E-state index in [0.717, 1.165) is 36.0 Å². The first-order valence-electron chi connectivity index (χ1n) is 8.86. The van der Waals surface area contributed by atoms with Crippen LogP contribution in [0.15, 0.2) is 52.5 Å². The van der Waals surface area contributed by atoms with Crippen LogP contribution in [0.4, 0.5) is 0 Å². The average Bonchev–Trinajstić information content (AvgIpc) is 3.01. The summed E-state index contributed by atoms with van der Waals surface area (Å²) in [6.45, 7) is 4.85. The number of allylic oxidation sites excluding steroid dienone is 1. The number of hydroxylamine groups is 2. The molecule has 25 heavy (non-hydrogen) atoms. The van der Waals surface area contributed by atoms with E-state index in [9.17, 15) is 4.79 Å². The topological polar surface area (TPSA) is 38.8 Å². The highest BCUT2D eigenvalue weighted by atomic mass is 32.2. The van der Waals surface area contributed by atoms with Gasteiger partial charge < -0.3 is 4.74 Å². The lowest BCUT2D eigenvalue weighted by atomic mass is 9.99. The van der Waals surface area contributed by atoms with Crippen LogP contribution in [0.3, 0.4) is 0 Å². The zero-order valence-electron chi connectivity index (χ0n) is 14.7. The van der Waals surface area contributed by atoms with Gasteiger partial charge in [0.25, 0.3) is 5.91 Å². The van der Waals surface area contributed by atoms with Crippen molar-refractivity contribution in [2.75, 3.05) is 6.61 Å². The molecule has 132 valence electrons. The van der Waals surface area contributed by atoms with Gasteiger partial charge in [0.1, 0.15) is 4.87 Å². The molecule has 2 atom stereocenters. The van der Waals surface area contributed by atoms with Gasteiger partial charge in [-0.1, -0.05) is 42.1 Å². The Morgan fingerprint density at radius 1 is 1.32 bits per heavy atom. The van der Waals surface area contributed by atoms with Crippen LogP contribution in [0.5, 0.6) is 0 Å². The highest BCUT2D eigenvalue weighted by molar-refractivity contribution is 8.04. The van der Waals surface area contributed by atoms with Crippen molar-refractivity contribution < 1.29 is 14.4 Å². The molecule has 3 heterocycles. The number of fused-ring (bicyclic) bond motifs is 1. The van der Waals surface area contributed by atoms with Gasteiger partial charge in [0.2, 0.25) is 0 Å². The van der Waals surface area contributed by atoms with Crippen LogP contribution in [-0.4, -0.2) is 28.7 Å². The summed E-state index contributed by atoms with van der Waals surface area (Å²) < 4.78 is 5.70. The third-order valence-electron chi connectivity index (χ3n) is 4.95. The van der Waals surface area contributed by atoms with E-state index in [0.29, 0.717) is 13.0 Å². The number of carbonyl (C=O) groups excluding carboxylic acids is 1. The normalized spacial score (nSPS) is 29.2. The Labute approximate surface area is 152 Å². The fraction of sp³-hybridized carbons (Fsp3) is 0.450. The van der Waals surface area contributed by atoms with E-state index in [1.54, 1.807) is 16.8 Å². The summed E-state index contributed by atoms with van der Waals surface area (Å²) in [4.78, 5) is 19.9. The number of hydrogen-bond donors (Lipinski definition) is 0. The maximum Gasteiger partial charge on any atom is 0.275 e. The molecule has 4 rings (SSSR count). The Balaban J connectivity index is 1.63. The standard InChI is InChI=1S/C20H23NO3S/c1-14-12-17-16(13-15-8-4-3-5-9-15)19(22)21(20(17,2)25-14)24-18-10-6-7-11-23-18/h3-5,8-9,12,18H,6-7,10-11,13H2,1-2H3. The van der Waals surface area contributed by atoms with E-state index in [2.05, 4.69) is 32.1 Å². The molecule has 0 saturated carbocycles. The first-order chi connectivity index (χ1) is 12.1. The van der Waals surface area contributed by atoms with Crippen LogP contribution in [0.25, 0.3) is 0 Å². The van der Waals surface area contributed by atoms with Crippen LogP contribution < -0.4 is 0 Å². The van der Waals surface area contributed by atoms with E-state index < -0.39 is 4.87 Å². The SMILES string of the molecule is CC1=CC2=C(Cc3ccccc3)C(=O)N(OC3CCCCO3)C2(C)S1. The molecule has 1 amide bonds. The zero-order valence-corrected chi connectivity index (χ0v) is 15.5. The van der Waals surface area contributed by atoms with Gasteiger partial charge in [-0.3, -0.25) is 4.79 Å². The maximum absolute atomic E-state index is 13.2. The molecule has 1 fully saturated rings. The van der Waals surface area contributed by atoms with Crippen molar-refractivity contribution in [3.05, 3.63) is 58.0 Å². The highest BCUT2D eigenvalue weighted by Gasteiger charge is 2.52. The number of rotatable bonds is 4. The minimum atomic E-state index is -0.494. The van der Waals surface area contributed by atoms with E-state index in [1.165, 1.54) is 4.91 Å². The smallest absolute Gasteiger partial charge is 0.275 e. The molecule has 0 aromatic heterocycles. The number of carbonyl (C=O) groups is 1. The first-order valence-corrected chi connectivity index (χ1v) is 9.67. The number of benzene rings is 1. The zero-order chi connectivity index (χ0) is 17.4. The Morgan fingerprint density at radius 3 is 2.84 bits per heavy atom. The number of ether oxygens (including phenoxy) is 1. The fourth-order valence-corrected chi connectivity index (χ4v) is 5.02. The molecule has 0 N–H and O–H groups in total. The van der Waals surface area contributed by atoms with E-state index in [-0.39, 0.29) is 12.2 Å². The quantitative estimate of drug-likeness (QED) is 0.810. The van der Waals surface area contributed by atoms with E-state index in [1.807, 2.05) is 18.2 Å². The summed E-state index contributed by atoms with van der Waals surface area (Å²) in [5.41, 5.74) is 3.04. The summed E-state index contributed by atoms with van der Waals surface area (Å²) in [5.74, 6) is -0.0354. The van der Waals surface area contributed by atoms with Crippen molar-refractivity contribution in [2.45, 2.75) is 50.7 Å².